The van der Waals surface area contributed by atoms with E-state index in [1.165, 1.54) is 6.07 Å². The average molecular weight is 401 g/mol. The van der Waals surface area contributed by atoms with E-state index in [1.54, 1.807) is 0 Å². The van der Waals surface area contributed by atoms with Gasteiger partial charge in [0.25, 0.3) is 0 Å². The first-order valence-electron chi connectivity index (χ1n) is 8.27. The number of hydrogen-bond acceptors (Lipinski definition) is 3. The normalized spacial score (nSPS) is 16.2. The van der Waals surface area contributed by atoms with E-state index < -0.39 is 23.8 Å². The number of nitrogens with one attached hydrogen (secondary N) is 1. The van der Waals surface area contributed by atoms with E-state index in [2.05, 4.69) is 5.32 Å². The molecule has 1 aliphatic heterocycles. The molecule has 146 valence electrons. The molecular weight excluding hydrogens is 381 g/mol. The first-order valence-corrected chi connectivity index (χ1v) is 8.27. The number of alkyl halides is 3. The molecule has 27 heavy (non-hydrogen) atoms. The number of nitrogens with two attached hydrogens (primary N) is 1. The Balaban J connectivity index is 0.00000261. The van der Waals surface area contributed by atoms with Crippen LogP contribution in [0.4, 0.5) is 18.9 Å². The summed E-state index contributed by atoms with van der Waals surface area (Å²) in [5.41, 5.74) is 7.08. The lowest BCUT2D eigenvalue weighted by molar-refractivity contribution is -0.137. The zero-order valence-electron chi connectivity index (χ0n) is 14.4. The Kier molecular flexibility index (Phi) is 6.86. The molecule has 0 saturated heterocycles. The van der Waals surface area contributed by atoms with Crippen molar-refractivity contribution in [2.24, 2.45) is 5.73 Å². The second-order valence-corrected chi connectivity index (χ2v) is 6.18. The lowest BCUT2D eigenvalue weighted by atomic mass is 9.95. The molecule has 0 saturated carbocycles. The maximum atomic E-state index is 13.0. The topological polar surface area (TPSA) is 64.3 Å². The van der Waals surface area contributed by atoms with Crippen LogP contribution in [0.2, 0.25) is 0 Å². The van der Waals surface area contributed by atoms with E-state index in [-0.39, 0.29) is 31.1 Å². The highest BCUT2D eigenvalue weighted by Crippen LogP contribution is 2.33. The van der Waals surface area contributed by atoms with E-state index in [0.29, 0.717) is 12.2 Å². The third-order valence-corrected chi connectivity index (χ3v) is 4.30. The van der Waals surface area contributed by atoms with Gasteiger partial charge in [-0.25, -0.2) is 0 Å². The molecule has 0 aliphatic carbocycles. The number of ether oxygens (including phenoxy) is 1. The molecule has 2 aromatic carbocycles. The standard InChI is InChI=1S/C19H19F3N2O2.ClH/c20-19(21,22)14-7-12(11-23)8-15(9-14)24-18(25)10-17-16-4-2-1-3-13(16)5-6-26-17;/h1-4,7-9,17H,5-6,10-11,23H2,(H,24,25);1H. The van der Waals surface area contributed by atoms with Crippen molar-refractivity contribution in [2.45, 2.75) is 31.7 Å². The molecule has 1 amide bonds. The van der Waals surface area contributed by atoms with Gasteiger partial charge in [-0.3, -0.25) is 4.79 Å². The number of hydrogen-bond donors (Lipinski definition) is 2. The minimum Gasteiger partial charge on any atom is -0.373 e. The largest absolute Gasteiger partial charge is 0.416 e. The summed E-state index contributed by atoms with van der Waals surface area (Å²) in [6, 6.07) is 11.0. The molecule has 3 N–H and O–H groups in total. The number of benzene rings is 2. The fourth-order valence-corrected chi connectivity index (χ4v) is 3.07. The molecule has 1 unspecified atom stereocenters. The van der Waals surface area contributed by atoms with Crippen molar-refractivity contribution in [3.8, 4) is 0 Å². The lowest BCUT2D eigenvalue weighted by Crippen LogP contribution is -2.22. The predicted octanol–water partition coefficient (Wildman–Crippen LogP) is 4.23. The molecule has 8 heteroatoms. The number of carbonyl (C=O) groups is 1. The van der Waals surface area contributed by atoms with Gasteiger partial charge in [0.2, 0.25) is 5.91 Å². The number of fused-ring (bicyclic) bond motifs is 1. The molecule has 1 heterocycles. The third-order valence-electron chi connectivity index (χ3n) is 4.30. The Bertz CT molecular complexity index is 812. The van der Waals surface area contributed by atoms with Crippen molar-refractivity contribution in [3.63, 3.8) is 0 Å². The Morgan fingerprint density at radius 3 is 2.67 bits per heavy atom. The van der Waals surface area contributed by atoms with Crippen LogP contribution in [0, 0.1) is 0 Å². The molecular formula is C19H20ClF3N2O2. The predicted molar refractivity (Wildman–Crippen MR) is 98.7 cm³/mol. The second kappa shape index (κ2) is 8.73. The van der Waals surface area contributed by atoms with Gasteiger partial charge in [0.15, 0.2) is 0 Å². The molecule has 0 aromatic heterocycles. The van der Waals surface area contributed by atoms with Crippen molar-refractivity contribution in [1.29, 1.82) is 0 Å². The van der Waals surface area contributed by atoms with Crippen molar-refractivity contribution in [2.75, 3.05) is 11.9 Å². The molecule has 2 aromatic rings. The monoisotopic (exact) mass is 400 g/mol. The van der Waals surface area contributed by atoms with Crippen molar-refractivity contribution in [3.05, 3.63) is 64.7 Å². The number of anilines is 1. The van der Waals surface area contributed by atoms with Crippen LogP contribution in [0.5, 0.6) is 0 Å². The van der Waals surface area contributed by atoms with Gasteiger partial charge in [0.05, 0.1) is 24.7 Å². The summed E-state index contributed by atoms with van der Waals surface area (Å²) in [5, 5.41) is 2.53. The van der Waals surface area contributed by atoms with Crippen LogP contribution in [0.15, 0.2) is 42.5 Å². The van der Waals surface area contributed by atoms with Crippen molar-refractivity contribution >= 4 is 24.0 Å². The number of amides is 1. The zero-order valence-corrected chi connectivity index (χ0v) is 15.2. The van der Waals surface area contributed by atoms with Gasteiger partial charge in [0, 0.05) is 12.2 Å². The summed E-state index contributed by atoms with van der Waals surface area (Å²) in [7, 11) is 0. The van der Waals surface area contributed by atoms with Crippen molar-refractivity contribution < 1.29 is 22.7 Å². The summed E-state index contributed by atoms with van der Waals surface area (Å²) in [5.74, 6) is -0.408. The second-order valence-electron chi connectivity index (χ2n) is 6.18. The van der Waals surface area contributed by atoms with Crippen LogP contribution in [-0.4, -0.2) is 12.5 Å². The van der Waals surface area contributed by atoms with Gasteiger partial charge in [-0.15, -0.1) is 12.4 Å². The molecule has 1 atom stereocenters. The molecule has 3 rings (SSSR count). The lowest BCUT2D eigenvalue weighted by Gasteiger charge is -2.25. The summed E-state index contributed by atoms with van der Waals surface area (Å²) in [6.45, 7) is 0.460. The Hall–Kier alpha value is -2.09. The summed E-state index contributed by atoms with van der Waals surface area (Å²) >= 11 is 0. The average Bonchev–Trinajstić information content (AvgIpc) is 2.61. The van der Waals surface area contributed by atoms with Gasteiger partial charge in [0.1, 0.15) is 0 Å². The highest BCUT2D eigenvalue weighted by molar-refractivity contribution is 5.91. The highest BCUT2D eigenvalue weighted by Gasteiger charge is 2.31. The van der Waals surface area contributed by atoms with Gasteiger partial charge in [-0.1, -0.05) is 24.3 Å². The third kappa shape index (κ3) is 5.22. The number of rotatable bonds is 4. The highest BCUT2D eigenvalue weighted by atomic mass is 35.5. The van der Waals surface area contributed by atoms with E-state index in [4.69, 9.17) is 10.5 Å². The van der Waals surface area contributed by atoms with E-state index in [0.717, 1.165) is 29.7 Å². The Morgan fingerprint density at radius 2 is 1.96 bits per heavy atom. The fourth-order valence-electron chi connectivity index (χ4n) is 3.07. The summed E-state index contributed by atoms with van der Waals surface area (Å²) in [6.07, 6.45) is -4.09. The van der Waals surface area contributed by atoms with E-state index >= 15 is 0 Å². The molecule has 0 bridgehead atoms. The first-order chi connectivity index (χ1) is 12.4. The SMILES string of the molecule is Cl.NCc1cc(NC(=O)CC2OCCc3ccccc32)cc(C(F)(F)F)c1. The van der Waals surface area contributed by atoms with Crippen LogP contribution in [0.3, 0.4) is 0 Å². The van der Waals surface area contributed by atoms with Gasteiger partial charge in [-0.05, 0) is 41.3 Å². The molecule has 1 aliphatic rings. The van der Waals surface area contributed by atoms with Crippen molar-refractivity contribution in [1.82, 2.24) is 0 Å². The first kappa shape index (κ1) is 21.2. The van der Waals surface area contributed by atoms with E-state index in [9.17, 15) is 18.0 Å². The number of carbonyl (C=O) groups excluding carboxylic acids is 1. The molecule has 0 fully saturated rings. The van der Waals surface area contributed by atoms with Gasteiger partial charge < -0.3 is 15.8 Å². The Labute approximate surface area is 161 Å². The van der Waals surface area contributed by atoms with Gasteiger partial charge in [-0.2, -0.15) is 13.2 Å². The molecule has 0 radical (unpaired) electrons. The van der Waals surface area contributed by atoms with Crippen LogP contribution in [0.1, 0.15) is 34.8 Å². The fraction of sp³-hybridized carbons (Fsp3) is 0.316. The summed E-state index contributed by atoms with van der Waals surface area (Å²) in [4.78, 5) is 12.3. The minimum absolute atomic E-state index is 0. The smallest absolute Gasteiger partial charge is 0.373 e. The van der Waals surface area contributed by atoms with Crippen LogP contribution < -0.4 is 11.1 Å². The Morgan fingerprint density at radius 1 is 1.22 bits per heavy atom. The maximum Gasteiger partial charge on any atom is 0.416 e. The zero-order chi connectivity index (χ0) is 18.7. The van der Waals surface area contributed by atoms with E-state index in [1.807, 2.05) is 24.3 Å². The molecule has 0 spiro atoms. The van der Waals surface area contributed by atoms with Crippen LogP contribution in [0.25, 0.3) is 0 Å². The number of halogens is 4. The summed E-state index contributed by atoms with van der Waals surface area (Å²) < 4.78 is 44.6. The van der Waals surface area contributed by atoms with Crippen LogP contribution in [-0.2, 0) is 28.7 Å². The maximum absolute atomic E-state index is 13.0. The quantitative estimate of drug-likeness (QED) is 0.807. The van der Waals surface area contributed by atoms with Gasteiger partial charge >= 0.3 is 6.18 Å². The minimum atomic E-state index is -4.50. The van der Waals surface area contributed by atoms with Crippen LogP contribution >= 0.6 is 12.4 Å². The molecule has 4 nitrogen and oxygen atoms in total.